The van der Waals surface area contributed by atoms with Gasteiger partial charge in [0.25, 0.3) is 0 Å². The standard InChI is InChI=1S/C25H46F3NO3/c1-3-5-6-7-8-9-10-11-12-13-14-15-16-17-18-19-21-32-23(30)22(20-4-2)29-24(31)25(26,27)28/h22H,3-21H2,1-2H3,(H,29,31). The van der Waals surface area contributed by atoms with Crippen LogP contribution in [-0.2, 0) is 14.3 Å². The van der Waals surface area contributed by atoms with Crippen molar-refractivity contribution in [1.29, 1.82) is 0 Å². The van der Waals surface area contributed by atoms with Crippen molar-refractivity contribution in [3.05, 3.63) is 0 Å². The monoisotopic (exact) mass is 465 g/mol. The second-order valence-electron chi connectivity index (χ2n) is 8.78. The number of rotatable bonds is 21. The highest BCUT2D eigenvalue weighted by Crippen LogP contribution is 2.16. The van der Waals surface area contributed by atoms with Crippen molar-refractivity contribution in [3.63, 3.8) is 0 Å². The maximum absolute atomic E-state index is 12.4. The molecule has 4 nitrogen and oxygen atoms in total. The highest BCUT2D eigenvalue weighted by molar-refractivity contribution is 5.87. The highest BCUT2D eigenvalue weighted by atomic mass is 19.4. The first kappa shape index (κ1) is 30.7. The van der Waals surface area contributed by atoms with Crippen LogP contribution < -0.4 is 5.32 Å². The molecule has 190 valence electrons. The van der Waals surface area contributed by atoms with Crippen molar-refractivity contribution in [2.75, 3.05) is 6.61 Å². The summed E-state index contributed by atoms with van der Waals surface area (Å²) in [6, 6.07) is -1.24. The third-order valence-corrected chi connectivity index (χ3v) is 5.67. The van der Waals surface area contributed by atoms with Gasteiger partial charge in [-0.1, -0.05) is 117 Å². The van der Waals surface area contributed by atoms with Gasteiger partial charge in [0.05, 0.1) is 6.61 Å². The summed E-state index contributed by atoms with van der Waals surface area (Å²) in [6.45, 7) is 4.16. The maximum atomic E-state index is 12.4. The van der Waals surface area contributed by atoms with E-state index in [4.69, 9.17) is 4.74 Å². The Kier molecular flexibility index (Phi) is 19.5. The van der Waals surface area contributed by atoms with Gasteiger partial charge in [-0.2, -0.15) is 13.2 Å². The number of hydrogen-bond donors (Lipinski definition) is 1. The van der Waals surface area contributed by atoms with E-state index < -0.39 is 24.1 Å². The second-order valence-corrected chi connectivity index (χ2v) is 8.78. The Morgan fingerprint density at radius 3 is 1.47 bits per heavy atom. The third kappa shape index (κ3) is 18.3. The molecule has 0 saturated heterocycles. The van der Waals surface area contributed by atoms with Crippen molar-refractivity contribution in [1.82, 2.24) is 5.32 Å². The normalized spacial score (nSPS) is 12.5. The van der Waals surface area contributed by atoms with Crippen molar-refractivity contribution in [2.45, 2.75) is 142 Å². The van der Waals surface area contributed by atoms with Crippen LogP contribution in [0, 0.1) is 0 Å². The summed E-state index contributed by atoms with van der Waals surface area (Å²) in [7, 11) is 0. The Bertz CT molecular complexity index is 470. The van der Waals surface area contributed by atoms with Crippen LogP contribution in [0.4, 0.5) is 13.2 Å². The predicted octanol–water partition coefficient (Wildman–Crippen LogP) is 7.64. The molecular weight excluding hydrogens is 419 g/mol. The molecule has 0 aromatic rings. The predicted molar refractivity (Wildman–Crippen MR) is 123 cm³/mol. The minimum atomic E-state index is -5.00. The molecule has 0 rings (SSSR count). The zero-order valence-corrected chi connectivity index (χ0v) is 20.4. The number of hydrogen-bond acceptors (Lipinski definition) is 3. The number of alkyl halides is 3. The topological polar surface area (TPSA) is 55.4 Å². The number of unbranched alkanes of at least 4 members (excludes halogenated alkanes) is 15. The van der Waals surface area contributed by atoms with E-state index in [1.165, 1.54) is 77.0 Å². The highest BCUT2D eigenvalue weighted by Gasteiger charge is 2.40. The van der Waals surface area contributed by atoms with Crippen molar-refractivity contribution >= 4 is 11.9 Å². The Balaban J connectivity index is 3.56. The number of amides is 1. The van der Waals surface area contributed by atoms with Gasteiger partial charge in [0.2, 0.25) is 0 Å². The van der Waals surface area contributed by atoms with Crippen LogP contribution in [0.2, 0.25) is 0 Å². The number of carbonyl (C=O) groups excluding carboxylic acids is 2. The fourth-order valence-electron chi connectivity index (χ4n) is 3.70. The van der Waals surface area contributed by atoms with E-state index in [0.29, 0.717) is 12.8 Å². The van der Waals surface area contributed by atoms with Crippen molar-refractivity contribution in [2.24, 2.45) is 0 Å². The summed E-state index contributed by atoms with van der Waals surface area (Å²) in [6.07, 6.45) is 15.5. The fraction of sp³-hybridized carbons (Fsp3) is 0.920. The molecule has 1 amide bonds. The smallest absolute Gasteiger partial charge is 0.464 e. The maximum Gasteiger partial charge on any atom is 0.471 e. The molecule has 1 unspecified atom stereocenters. The first-order valence-electron chi connectivity index (χ1n) is 12.9. The summed E-state index contributed by atoms with van der Waals surface area (Å²) in [5, 5.41) is 1.73. The van der Waals surface area contributed by atoms with Gasteiger partial charge in [0.1, 0.15) is 6.04 Å². The molecule has 0 spiro atoms. The van der Waals surface area contributed by atoms with Crippen molar-refractivity contribution < 1.29 is 27.5 Å². The van der Waals surface area contributed by atoms with Crippen LogP contribution in [0.1, 0.15) is 129 Å². The van der Waals surface area contributed by atoms with E-state index >= 15 is 0 Å². The molecule has 0 aromatic carbocycles. The summed E-state index contributed by atoms with van der Waals surface area (Å²) in [4.78, 5) is 23.0. The number of halogens is 3. The lowest BCUT2D eigenvalue weighted by atomic mass is 10.0. The van der Waals surface area contributed by atoms with Crippen LogP contribution in [0.5, 0.6) is 0 Å². The molecule has 7 heteroatoms. The second kappa shape index (κ2) is 20.3. The van der Waals surface area contributed by atoms with E-state index in [0.717, 1.165) is 19.3 Å². The van der Waals surface area contributed by atoms with Gasteiger partial charge in [-0.3, -0.25) is 4.79 Å². The van der Waals surface area contributed by atoms with Gasteiger partial charge in [-0.25, -0.2) is 4.79 Å². The van der Waals surface area contributed by atoms with Gasteiger partial charge in [-0.05, 0) is 12.8 Å². The summed E-state index contributed by atoms with van der Waals surface area (Å²) < 4.78 is 42.2. The molecule has 0 heterocycles. The van der Waals surface area contributed by atoms with Gasteiger partial charge < -0.3 is 10.1 Å². The minimum absolute atomic E-state index is 0.125. The van der Waals surface area contributed by atoms with E-state index in [2.05, 4.69) is 6.92 Å². The van der Waals surface area contributed by atoms with E-state index in [1.54, 1.807) is 12.2 Å². The molecule has 0 bridgehead atoms. The molecule has 0 aliphatic rings. The molecule has 32 heavy (non-hydrogen) atoms. The molecule has 0 radical (unpaired) electrons. The van der Waals surface area contributed by atoms with Crippen LogP contribution in [0.3, 0.4) is 0 Å². The number of carbonyl (C=O) groups is 2. The third-order valence-electron chi connectivity index (χ3n) is 5.67. The lowest BCUT2D eigenvalue weighted by Gasteiger charge is -2.17. The van der Waals surface area contributed by atoms with Crippen LogP contribution in [0.15, 0.2) is 0 Å². The van der Waals surface area contributed by atoms with Gasteiger partial charge >= 0.3 is 18.1 Å². The quantitative estimate of drug-likeness (QED) is 0.140. The first-order valence-corrected chi connectivity index (χ1v) is 12.9. The molecule has 0 saturated carbocycles. The van der Waals surface area contributed by atoms with Gasteiger partial charge in [-0.15, -0.1) is 0 Å². The molecule has 0 fully saturated rings. The van der Waals surface area contributed by atoms with Crippen LogP contribution >= 0.6 is 0 Å². The largest absolute Gasteiger partial charge is 0.471 e. The summed E-state index contributed by atoms with van der Waals surface area (Å²) >= 11 is 0. The van der Waals surface area contributed by atoms with Gasteiger partial charge in [0, 0.05) is 0 Å². The number of ether oxygens (including phenoxy) is 1. The summed E-state index contributed by atoms with van der Waals surface area (Å²) in [5.74, 6) is -2.89. The number of esters is 1. The fourth-order valence-corrected chi connectivity index (χ4v) is 3.70. The zero-order valence-electron chi connectivity index (χ0n) is 20.4. The molecule has 0 aromatic heterocycles. The lowest BCUT2D eigenvalue weighted by Crippen LogP contribution is -2.47. The SMILES string of the molecule is CCCCCCCCCCCCCCCCCCOC(=O)C(CCC)NC(=O)C(F)(F)F. The Morgan fingerprint density at radius 2 is 1.09 bits per heavy atom. The van der Waals surface area contributed by atoms with Crippen LogP contribution in [-0.4, -0.2) is 30.7 Å². The molecule has 0 aliphatic heterocycles. The summed E-state index contributed by atoms with van der Waals surface area (Å²) in [5.41, 5.74) is 0. The first-order chi connectivity index (χ1) is 15.3. The average Bonchev–Trinajstić information content (AvgIpc) is 2.74. The molecule has 0 aliphatic carbocycles. The Labute approximate surface area is 193 Å². The van der Waals surface area contributed by atoms with E-state index in [1.807, 2.05) is 0 Å². The molecule has 1 atom stereocenters. The molecule has 1 N–H and O–H groups in total. The number of nitrogens with one attached hydrogen (secondary N) is 1. The van der Waals surface area contributed by atoms with E-state index in [9.17, 15) is 22.8 Å². The van der Waals surface area contributed by atoms with Crippen LogP contribution in [0.25, 0.3) is 0 Å². The Hall–Kier alpha value is -1.27. The molecular formula is C25H46F3NO3. The van der Waals surface area contributed by atoms with Crippen molar-refractivity contribution in [3.8, 4) is 0 Å². The minimum Gasteiger partial charge on any atom is -0.464 e. The Morgan fingerprint density at radius 1 is 0.688 bits per heavy atom. The van der Waals surface area contributed by atoms with Gasteiger partial charge in [0.15, 0.2) is 0 Å². The average molecular weight is 466 g/mol. The lowest BCUT2D eigenvalue weighted by molar-refractivity contribution is -0.176. The zero-order chi connectivity index (χ0) is 24.1. The van der Waals surface area contributed by atoms with E-state index in [-0.39, 0.29) is 13.0 Å².